The van der Waals surface area contributed by atoms with E-state index in [0.29, 0.717) is 12.8 Å². The fourth-order valence-corrected chi connectivity index (χ4v) is 5.40. The summed E-state index contributed by atoms with van der Waals surface area (Å²) in [4.78, 5) is 24.6. The molecule has 0 aromatic heterocycles. The number of nitrogens with one attached hydrogen (secondary N) is 2. The molecule has 2 amide bonds. The molecule has 0 aromatic carbocycles. The minimum absolute atomic E-state index is 0.0191. The number of amides is 2. The quantitative estimate of drug-likeness (QED) is 0.0396. The first-order valence-corrected chi connectivity index (χ1v) is 18.7. The lowest BCUT2D eigenvalue weighted by Gasteiger charge is -2.18. The fourth-order valence-electron chi connectivity index (χ4n) is 5.40. The van der Waals surface area contributed by atoms with Crippen LogP contribution in [0.1, 0.15) is 194 Å². The molecule has 0 aromatic rings. The van der Waals surface area contributed by atoms with Crippen LogP contribution in [0.25, 0.3) is 0 Å². The summed E-state index contributed by atoms with van der Waals surface area (Å²) < 4.78 is 0. The zero-order valence-electron chi connectivity index (χ0n) is 28.8. The third-order valence-electron chi connectivity index (χ3n) is 8.24. The molecular weight excluding hydrogens is 530 g/mol. The molecule has 0 spiro atoms. The van der Waals surface area contributed by atoms with Gasteiger partial charge in [-0.25, -0.2) is 0 Å². The van der Waals surface area contributed by atoms with Crippen LogP contribution < -0.4 is 16.4 Å². The lowest BCUT2D eigenvalue weighted by atomic mass is 10.1. The number of allylic oxidation sites excluding steroid dienone is 4. The van der Waals surface area contributed by atoms with Crippen molar-refractivity contribution in [2.24, 2.45) is 5.73 Å². The normalized spacial score (nSPS) is 11.7. The Balaban J connectivity index is 3.59. The van der Waals surface area contributed by atoms with Crippen LogP contribution in [0.2, 0.25) is 0 Å². The number of nitrogens with two attached hydrogens (primary N) is 1. The average molecular weight is 604 g/mol. The topological polar surface area (TPSA) is 84.2 Å². The van der Waals surface area contributed by atoms with Crippen LogP contribution in [0, 0.1) is 0 Å². The van der Waals surface area contributed by atoms with Gasteiger partial charge in [0, 0.05) is 19.4 Å². The highest BCUT2D eigenvalue weighted by atomic mass is 16.2. The van der Waals surface area contributed by atoms with E-state index in [-0.39, 0.29) is 18.4 Å². The average Bonchev–Trinajstić information content (AvgIpc) is 3.00. The fraction of sp³-hybridized carbons (Fsp3) is 0.842. The molecule has 0 saturated carbocycles. The van der Waals surface area contributed by atoms with Crippen molar-refractivity contribution in [1.82, 2.24) is 10.6 Å². The second-order valence-electron chi connectivity index (χ2n) is 12.6. The molecule has 5 heteroatoms. The van der Waals surface area contributed by atoms with E-state index in [1.165, 1.54) is 141 Å². The largest absolute Gasteiger partial charge is 0.335 e. The second-order valence-corrected chi connectivity index (χ2v) is 12.6. The van der Waals surface area contributed by atoms with Gasteiger partial charge in [-0.15, -0.1) is 0 Å². The molecule has 0 unspecified atom stereocenters. The van der Waals surface area contributed by atoms with E-state index < -0.39 is 6.17 Å². The van der Waals surface area contributed by atoms with Gasteiger partial charge in [0.25, 0.3) is 0 Å². The standard InChI is InChI=1S/C38H73N3O2/c1-3-5-7-9-11-13-15-17-19-21-23-25-27-29-31-33-37(42)40-36(35-39)41-38(43)34-32-30-28-26-24-22-20-18-16-14-12-10-8-6-4-2/h17-20,36H,3-16,21-35,39H2,1-2H3,(H,40,42)(H,41,43)/b19-17-,20-18-. The minimum Gasteiger partial charge on any atom is -0.335 e. The molecule has 0 heterocycles. The summed E-state index contributed by atoms with van der Waals surface area (Å²) in [7, 11) is 0. The van der Waals surface area contributed by atoms with E-state index in [1.807, 2.05) is 0 Å². The van der Waals surface area contributed by atoms with Gasteiger partial charge < -0.3 is 16.4 Å². The maximum Gasteiger partial charge on any atom is 0.221 e. The summed E-state index contributed by atoms with van der Waals surface area (Å²) >= 11 is 0. The molecule has 4 N–H and O–H groups in total. The molecule has 0 atom stereocenters. The highest BCUT2D eigenvalue weighted by Gasteiger charge is 2.13. The van der Waals surface area contributed by atoms with Crippen LogP contribution in [0.3, 0.4) is 0 Å². The Labute approximate surface area is 268 Å². The lowest BCUT2D eigenvalue weighted by molar-refractivity contribution is -0.124. The van der Waals surface area contributed by atoms with Gasteiger partial charge in [-0.1, -0.05) is 141 Å². The maximum absolute atomic E-state index is 12.3. The van der Waals surface area contributed by atoms with Crippen LogP contribution in [-0.2, 0) is 9.59 Å². The molecule has 5 nitrogen and oxygen atoms in total. The van der Waals surface area contributed by atoms with Gasteiger partial charge in [-0.3, -0.25) is 9.59 Å². The molecule has 0 rings (SSSR count). The summed E-state index contributed by atoms with van der Waals surface area (Å²) in [6.07, 6.45) is 42.3. The number of hydrogen-bond donors (Lipinski definition) is 3. The molecule has 252 valence electrons. The molecule has 0 saturated heterocycles. The number of carbonyl (C=O) groups is 2. The van der Waals surface area contributed by atoms with Crippen LogP contribution in [0.4, 0.5) is 0 Å². The molecule has 0 aliphatic carbocycles. The van der Waals surface area contributed by atoms with E-state index in [0.717, 1.165) is 25.7 Å². The monoisotopic (exact) mass is 604 g/mol. The van der Waals surface area contributed by atoms with Gasteiger partial charge >= 0.3 is 0 Å². The van der Waals surface area contributed by atoms with Crippen molar-refractivity contribution in [3.8, 4) is 0 Å². The van der Waals surface area contributed by atoms with Crippen molar-refractivity contribution in [1.29, 1.82) is 0 Å². The Morgan fingerprint density at radius 3 is 1.05 bits per heavy atom. The van der Waals surface area contributed by atoms with Crippen molar-refractivity contribution >= 4 is 11.8 Å². The molecular formula is C38H73N3O2. The smallest absolute Gasteiger partial charge is 0.221 e. The van der Waals surface area contributed by atoms with Crippen LogP contribution in [-0.4, -0.2) is 24.5 Å². The first kappa shape index (κ1) is 41.4. The van der Waals surface area contributed by atoms with Crippen LogP contribution in [0.15, 0.2) is 24.3 Å². The Morgan fingerprint density at radius 2 is 0.744 bits per heavy atom. The van der Waals surface area contributed by atoms with E-state index in [1.54, 1.807) is 0 Å². The summed E-state index contributed by atoms with van der Waals surface area (Å²) in [5, 5.41) is 5.78. The molecule has 0 bridgehead atoms. The van der Waals surface area contributed by atoms with E-state index in [4.69, 9.17) is 5.73 Å². The highest BCUT2D eigenvalue weighted by molar-refractivity contribution is 5.79. The predicted octanol–water partition coefficient (Wildman–Crippen LogP) is 10.6. The second kappa shape index (κ2) is 34.9. The zero-order chi connectivity index (χ0) is 31.5. The molecule has 0 radical (unpaired) electrons. The maximum atomic E-state index is 12.3. The Morgan fingerprint density at radius 1 is 0.465 bits per heavy atom. The predicted molar refractivity (Wildman–Crippen MR) is 188 cm³/mol. The van der Waals surface area contributed by atoms with Gasteiger partial charge in [-0.05, 0) is 64.2 Å². The van der Waals surface area contributed by atoms with Crippen LogP contribution >= 0.6 is 0 Å². The van der Waals surface area contributed by atoms with Gasteiger partial charge in [-0.2, -0.15) is 0 Å². The van der Waals surface area contributed by atoms with E-state index >= 15 is 0 Å². The first-order chi connectivity index (χ1) is 21.1. The Hall–Kier alpha value is -1.62. The highest BCUT2D eigenvalue weighted by Crippen LogP contribution is 2.11. The van der Waals surface area contributed by atoms with Gasteiger partial charge in [0.1, 0.15) is 6.17 Å². The minimum atomic E-state index is -0.466. The Kier molecular flexibility index (Phi) is 33.6. The van der Waals surface area contributed by atoms with Crippen molar-refractivity contribution in [3.05, 3.63) is 24.3 Å². The van der Waals surface area contributed by atoms with Gasteiger partial charge in [0.15, 0.2) is 0 Å². The molecule has 0 aliphatic heterocycles. The van der Waals surface area contributed by atoms with E-state index in [9.17, 15) is 9.59 Å². The Bertz CT molecular complexity index is 608. The number of carbonyl (C=O) groups excluding carboxylic acids is 2. The third-order valence-corrected chi connectivity index (χ3v) is 8.24. The van der Waals surface area contributed by atoms with Crippen molar-refractivity contribution in [2.75, 3.05) is 6.54 Å². The third kappa shape index (κ3) is 33.1. The molecule has 43 heavy (non-hydrogen) atoms. The summed E-state index contributed by atoms with van der Waals surface area (Å²) in [5.74, 6) is -0.0381. The van der Waals surface area contributed by atoms with E-state index in [2.05, 4.69) is 48.8 Å². The molecule has 0 aliphatic rings. The van der Waals surface area contributed by atoms with Gasteiger partial charge in [0.2, 0.25) is 11.8 Å². The zero-order valence-corrected chi connectivity index (χ0v) is 28.8. The summed E-state index contributed by atoms with van der Waals surface area (Å²) in [6, 6.07) is 0. The number of hydrogen-bond acceptors (Lipinski definition) is 3. The number of rotatable bonds is 33. The number of unbranched alkanes of at least 4 members (excludes halogenated alkanes) is 22. The first-order valence-electron chi connectivity index (χ1n) is 18.7. The van der Waals surface area contributed by atoms with Crippen molar-refractivity contribution in [3.63, 3.8) is 0 Å². The lowest BCUT2D eigenvalue weighted by Crippen LogP contribution is -2.52. The van der Waals surface area contributed by atoms with Crippen LogP contribution in [0.5, 0.6) is 0 Å². The summed E-state index contributed by atoms with van der Waals surface area (Å²) in [5.41, 5.74) is 5.80. The summed E-state index contributed by atoms with van der Waals surface area (Å²) in [6.45, 7) is 4.75. The SMILES string of the molecule is CCCCCCCC/C=C\CCCCCCCC(=O)NC(CN)NC(=O)CCCCCCC/C=C\CCCCCCCC. The van der Waals surface area contributed by atoms with Gasteiger partial charge in [0.05, 0.1) is 0 Å². The van der Waals surface area contributed by atoms with Crippen molar-refractivity contribution < 1.29 is 9.59 Å². The molecule has 0 fully saturated rings. The van der Waals surface area contributed by atoms with Crippen molar-refractivity contribution in [2.45, 2.75) is 200 Å².